The van der Waals surface area contributed by atoms with E-state index in [-0.39, 0.29) is 24.8 Å². The number of thioether (sulfide) groups is 1. The molecule has 2 atom stereocenters. The van der Waals surface area contributed by atoms with Gasteiger partial charge in [-0.15, -0.1) is 24.8 Å². The maximum atomic E-state index is 5.97. The van der Waals surface area contributed by atoms with Crippen molar-refractivity contribution in [3.05, 3.63) is 0 Å². The predicted octanol–water partition coefficient (Wildman–Crippen LogP) is 1.88. The summed E-state index contributed by atoms with van der Waals surface area (Å²) in [6.07, 6.45) is 2.31. The standard InChI is InChI=1S/C20H41N2O5S2.2ClH/c1-2-16-28-17-20-29-18-4-21-3-8-23-11-12-24-9-5-22(27-7-1)6-10-25-13-14-26-15-19-29;;/h21H,1-20H2;2*1H/q+1;;. The molecule has 31 heavy (non-hydrogen) atoms. The van der Waals surface area contributed by atoms with Crippen molar-refractivity contribution in [2.24, 2.45) is 0 Å². The van der Waals surface area contributed by atoms with Crippen molar-refractivity contribution in [2.75, 3.05) is 114 Å². The number of rotatable bonds is 0. The van der Waals surface area contributed by atoms with Gasteiger partial charge in [0.15, 0.2) is 0 Å². The summed E-state index contributed by atoms with van der Waals surface area (Å²) in [5.74, 6) is 6.16. The molecule has 1 N–H and O–H groups in total. The van der Waals surface area contributed by atoms with Crippen molar-refractivity contribution in [1.29, 1.82) is 0 Å². The van der Waals surface area contributed by atoms with Crippen molar-refractivity contribution in [1.82, 2.24) is 10.4 Å². The molecule has 188 valence electrons. The Balaban J connectivity index is 0.00000450. The summed E-state index contributed by atoms with van der Waals surface area (Å²) in [6, 6.07) is 0. The molecule has 3 fully saturated rings. The fourth-order valence-electron chi connectivity index (χ4n) is 2.97. The molecule has 0 aliphatic carbocycles. The van der Waals surface area contributed by atoms with Crippen LogP contribution in [-0.2, 0) is 34.7 Å². The molecule has 11 heteroatoms. The van der Waals surface area contributed by atoms with Gasteiger partial charge in [0, 0.05) is 31.9 Å². The molecule has 0 aromatic heterocycles. The summed E-state index contributed by atoms with van der Waals surface area (Å²) in [6.45, 7) is 9.69. The van der Waals surface area contributed by atoms with E-state index in [9.17, 15) is 0 Å². The largest absolute Gasteiger partial charge is 0.378 e. The molecule has 0 radical (unpaired) electrons. The summed E-state index contributed by atoms with van der Waals surface area (Å²) >= 11 is 2.09. The van der Waals surface area contributed by atoms with E-state index in [1.807, 2.05) is 5.06 Å². The third-order valence-corrected chi connectivity index (χ3v) is 8.33. The van der Waals surface area contributed by atoms with Gasteiger partial charge in [-0.25, -0.2) is 0 Å². The van der Waals surface area contributed by atoms with Gasteiger partial charge in [0.1, 0.15) is 17.3 Å². The van der Waals surface area contributed by atoms with Crippen LogP contribution in [0.1, 0.15) is 12.8 Å². The first-order valence-electron chi connectivity index (χ1n) is 11.1. The monoisotopic (exact) mass is 525 g/mol. The van der Waals surface area contributed by atoms with E-state index >= 15 is 0 Å². The number of hydrogen-bond donors (Lipinski definition) is 1. The second-order valence-corrected chi connectivity index (χ2v) is 10.7. The number of ether oxygens (including phenoxy) is 4. The molecule has 0 aromatic carbocycles. The highest BCUT2D eigenvalue weighted by Crippen LogP contribution is 2.09. The first-order chi connectivity index (χ1) is 14.4. The molecule has 0 saturated carbocycles. The van der Waals surface area contributed by atoms with Gasteiger partial charge >= 0.3 is 0 Å². The zero-order valence-electron chi connectivity index (χ0n) is 18.8. The normalized spacial score (nSPS) is 27.9. The fourth-order valence-corrected chi connectivity index (χ4v) is 6.39. The Morgan fingerprint density at radius 3 is 2.03 bits per heavy atom. The van der Waals surface area contributed by atoms with Gasteiger partial charge in [0.25, 0.3) is 0 Å². The minimum atomic E-state index is 0. The SMILES string of the molecule is C1CCSCC[S+]2CCNCCOCCOCCN(CCOCCOCC2)OC1.Cl.Cl. The third kappa shape index (κ3) is 19.0. The second kappa shape index (κ2) is 24.1. The minimum Gasteiger partial charge on any atom is -0.378 e. The quantitative estimate of drug-likeness (QED) is 0.380. The highest BCUT2D eigenvalue weighted by molar-refractivity contribution is 8.01. The lowest BCUT2D eigenvalue weighted by Crippen LogP contribution is -2.32. The second-order valence-electron chi connectivity index (χ2n) is 7.01. The molecule has 0 spiro atoms. The number of nitrogens with zero attached hydrogens (tertiary/aromatic N) is 1. The van der Waals surface area contributed by atoms with Crippen LogP contribution in [0.5, 0.6) is 0 Å². The van der Waals surface area contributed by atoms with Crippen LogP contribution >= 0.6 is 36.6 Å². The van der Waals surface area contributed by atoms with Gasteiger partial charge in [-0.2, -0.15) is 16.8 Å². The van der Waals surface area contributed by atoms with Crippen molar-refractivity contribution < 1.29 is 23.8 Å². The number of halogens is 2. The average molecular weight is 527 g/mol. The van der Waals surface area contributed by atoms with E-state index in [0.29, 0.717) is 50.5 Å². The Bertz CT molecular complexity index is 325. The average Bonchev–Trinajstić information content (AvgIpc) is 2.73. The maximum Gasteiger partial charge on any atom is 0.131 e. The number of hydrogen-bond acceptors (Lipinski definition) is 8. The first kappa shape index (κ1) is 32.0. The molecule has 3 aliphatic heterocycles. The summed E-state index contributed by atoms with van der Waals surface area (Å²) < 4.78 is 22.9. The number of nitrogens with one attached hydrogen (secondary N) is 1. The van der Waals surface area contributed by atoms with E-state index in [4.69, 9.17) is 23.8 Å². The van der Waals surface area contributed by atoms with Crippen LogP contribution < -0.4 is 5.32 Å². The fraction of sp³-hybridized carbons (Fsp3) is 1.00. The van der Waals surface area contributed by atoms with E-state index in [1.165, 1.54) is 29.4 Å². The van der Waals surface area contributed by atoms with Gasteiger partial charge in [0.2, 0.25) is 0 Å². The van der Waals surface area contributed by atoms with Gasteiger partial charge in [-0.05, 0) is 29.5 Å². The molecule has 3 saturated heterocycles. The predicted molar refractivity (Wildman–Crippen MR) is 137 cm³/mol. The van der Waals surface area contributed by atoms with Crippen LogP contribution in [-0.4, -0.2) is 119 Å². The lowest BCUT2D eigenvalue weighted by Gasteiger charge is -2.22. The first-order valence-corrected chi connectivity index (χ1v) is 14.0. The van der Waals surface area contributed by atoms with Crippen LogP contribution in [0, 0.1) is 0 Å². The molecular weight excluding hydrogens is 483 g/mol. The lowest BCUT2D eigenvalue weighted by atomic mass is 10.4. The van der Waals surface area contributed by atoms with E-state index in [2.05, 4.69) is 17.1 Å². The Labute approximate surface area is 208 Å². The van der Waals surface area contributed by atoms with Crippen LogP contribution in [0.4, 0.5) is 0 Å². The van der Waals surface area contributed by atoms with Crippen LogP contribution in [0.2, 0.25) is 0 Å². The van der Waals surface area contributed by atoms with Gasteiger partial charge in [-0.3, -0.25) is 4.84 Å². The summed E-state index contributed by atoms with van der Waals surface area (Å²) in [5, 5.41) is 5.50. The molecule has 3 rings (SSSR count). The highest BCUT2D eigenvalue weighted by atomic mass is 35.5. The minimum absolute atomic E-state index is 0. The van der Waals surface area contributed by atoms with Crippen molar-refractivity contribution in [3.63, 3.8) is 0 Å². The zero-order chi connectivity index (χ0) is 20.2. The highest BCUT2D eigenvalue weighted by Gasteiger charge is 2.17. The van der Waals surface area contributed by atoms with E-state index < -0.39 is 0 Å². The topological polar surface area (TPSA) is 61.4 Å². The third-order valence-electron chi connectivity index (χ3n) is 4.69. The van der Waals surface area contributed by atoms with Crippen LogP contribution in [0.15, 0.2) is 0 Å². The van der Waals surface area contributed by atoms with Gasteiger partial charge in [0.05, 0.1) is 59.5 Å². The van der Waals surface area contributed by atoms with Crippen molar-refractivity contribution in [2.45, 2.75) is 12.8 Å². The molecular formula is C20H43Cl2N2O5S2+. The van der Waals surface area contributed by atoms with E-state index in [0.717, 1.165) is 58.2 Å². The summed E-state index contributed by atoms with van der Waals surface area (Å²) in [7, 11) is 0.423. The summed E-state index contributed by atoms with van der Waals surface area (Å²) in [5.41, 5.74) is 0. The summed E-state index contributed by atoms with van der Waals surface area (Å²) in [4.78, 5) is 5.97. The Kier molecular flexibility index (Phi) is 24.9. The number of fused-ring (bicyclic) bond motifs is 24. The van der Waals surface area contributed by atoms with Gasteiger partial charge in [-0.1, -0.05) is 0 Å². The molecule has 3 aliphatic rings. The van der Waals surface area contributed by atoms with Crippen molar-refractivity contribution in [3.8, 4) is 0 Å². The molecule has 7 nitrogen and oxygen atoms in total. The molecule has 3 heterocycles. The number of hydroxylamine groups is 2. The molecule has 2 unspecified atom stereocenters. The molecule has 0 amide bonds. The van der Waals surface area contributed by atoms with Crippen molar-refractivity contribution >= 4 is 47.5 Å². The zero-order valence-corrected chi connectivity index (χ0v) is 22.0. The molecule has 0 aromatic rings. The Morgan fingerprint density at radius 1 is 0.613 bits per heavy atom. The van der Waals surface area contributed by atoms with Gasteiger partial charge < -0.3 is 24.3 Å². The van der Waals surface area contributed by atoms with E-state index in [1.54, 1.807) is 0 Å². The molecule has 2 bridgehead atoms. The van der Waals surface area contributed by atoms with Crippen LogP contribution in [0.3, 0.4) is 0 Å². The Morgan fingerprint density at radius 2 is 1.29 bits per heavy atom. The Hall–Kier alpha value is 1.000. The maximum absolute atomic E-state index is 5.97. The van der Waals surface area contributed by atoms with Crippen LogP contribution in [0.25, 0.3) is 0 Å². The lowest BCUT2D eigenvalue weighted by molar-refractivity contribution is -0.175. The smallest absolute Gasteiger partial charge is 0.131 e.